The lowest BCUT2D eigenvalue weighted by atomic mass is 9.63. The molecular weight excluding hydrogens is 402 g/mol. The van der Waals surface area contributed by atoms with Crippen molar-refractivity contribution in [1.29, 1.82) is 0 Å². The van der Waals surface area contributed by atoms with Crippen LogP contribution in [-0.4, -0.2) is 59.6 Å². The maximum atomic E-state index is 12.4. The van der Waals surface area contributed by atoms with Gasteiger partial charge in [-0.05, 0) is 87.9 Å². The van der Waals surface area contributed by atoms with Crippen molar-refractivity contribution in [3.63, 3.8) is 0 Å². The SMILES string of the molecule is CCOC(=O)N1C2CCC1CC(N1CCC3(CC[C@H](NC(C)=O)c4ccccc43)CC1)C2.[HH]. The molecule has 0 radical (unpaired) electrons. The van der Waals surface area contributed by atoms with Crippen molar-refractivity contribution in [2.45, 2.75) is 94.8 Å². The number of amides is 2. The highest BCUT2D eigenvalue weighted by molar-refractivity contribution is 5.73. The first kappa shape index (κ1) is 21.7. The number of carbonyl (C=O) groups excluding carboxylic acids is 2. The molecule has 5 rings (SSSR count). The van der Waals surface area contributed by atoms with E-state index in [2.05, 4.69) is 34.5 Å². The molecule has 6 heteroatoms. The summed E-state index contributed by atoms with van der Waals surface area (Å²) >= 11 is 0. The molecule has 3 atom stereocenters. The molecule has 1 aliphatic carbocycles. The van der Waals surface area contributed by atoms with Gasteiger partial charge < -0.3 is 19.9 Å². The first-order valence-corrected chi connectivity index (χ1v) is 12.6. The van der Waals surface area contributed by atoms with Crippen LogP contribution >= 0.6 is 0 Å². The van der Waals surface area contributed by atoms with E-state index in [-0.39, 0.29) is 24.9 Å². The lowest BCUT2D eigenvalue weighted by Gasteiger charge is -2.50. The van der Waals surface area contributed by atoms with E-state index in [1.807, 2.05) is 11.8 Å². The monoisotopic (exact) mass is 441 g/mol. The Labute approximate surface area is 193 Å². The Hall–Kier alpha value is -2.08. The van der Waals surface area contributed by atoms with Crippen molar-refractivity contribution in [2.24, 2.45) is 0 Å². The highest BCUT2D eigenvalue weighted by Gasteiger charge is 2.48. The molecule has 3 aliphatic heterocycles. The summed E-state index contributed by atoms with van der Waals surface area (Å²) in [6, 6.07) is 10.2. The van der Waals surface area contributed by atoms with Crippen LogP contribution in [0, 0.1) is 0 Å². The predicted molar refractivity (Wildman–Crippen MR) is 126 cm³/mol. The van der Waals surface area contributed by atoms with Gasteiger partial charge in [0.25, 0.3) is 0 Å². The molecule has 2 bridgehead atoms. The Kier molecular flexibility index (Phi) is 5.91. The van der Waals surface area contributed by atoms with Gasteiger partial charge in [0.15, 0.2) is 0 Å². The number of benzene rings is 1. The predicted octanol–water partition coefficient (Wildman–Crippen LogP) is 4.39. The van der Waals surface area contributed by atoms with E-state index in [4.69, 9.17) is 4.74 Å². The number of hydrogen-bond donors (Lipinski definition) is 1. The second-order valence-electron chi connectivity index (χ2n) is 10.3. The van der Waals surface area contributed by atoms with Gasteiger partial charge in [-0.3, -0.25) is 4.79 Å². The largest absolute Gasteiger partial charge is 0.450 e. The molecule has 3 heterocycles. The van der Waals surface area contributed by atoms with Gasteiger partial charge in [0.2, 0.25) is 5.91 Å². The molecule has 32 heavy (non-hydrogen) atoms. The molecule has 6 nitrogen and oxygen atoms in total. The highest BCUT2D eigenvalue weighted by Crippen LogP contribution is 2.49. The smallest absolute Gasteiger partial charge is 0.410 e. The van der Waals surface area contributed by atoms with Gasteiger partial charge in [-0.2, -0.15) is 0 Å². The molecule has 1 spiro atoms. The lowest BCUT2D eigenvalue weighted by Crippen LogP contribution is -2.55. The fraction of sp³-hybridized carbons (Fsp3) is 0.692. The molecule has 1 aromatic rings. The average molecular weight is 442 g/mol. The zero-order chi connectivity index (χ0) is 22.3. The van der Waals surface area contributed by atoms with E-state index in [0.717, 1.165) is 51.6 Å². The average Bonchev–Trinajstić information content (AvgIpc) is 3.06. The van der Waals surface area contributed by atoms with E-state index in [0.29, 0.717) is 24.7 Å². The molecule has 4 aliphatic rings. The van der Waals surface area contributed by atoms with Gasteiger partial charge in [0.05, 0.1) is 12.6 Å². The van der Waals surface area contributed by atoms with Gasteiger partial charge in [0, 0.05) is 26.5 Å². The van der Waals surface area contributed by atoms with Crippen molar-refractivity contribution in [3.05, 3.63) is 35.4 Å². The molecule has 2 amide bonds. The number of hydrogen-bond acceptors (Lipinski definition) is 4. The van der Waals surface area contributed by atoms with Crippen molar-refractivity contribution < 1.29 is 15.8 Å². The van der Waals surface area contributed by atoms with Crippen LogP contribution in [0.2, 0.25) is 0 Å². The van der Waals surface area contributed by atoms with E-state index >= 15 is 0 Å². The zero-order valence-electron chi connectivity index (χ0n) is 19.5. The van der Waals surface area contributed by atoms with Crippen LogP contribution in [0.4, 0.5) is 4.79 Å². The third-order valence-electron chi connectivity index (χ3n) is 8.65. The number of rotatable bonds is 3. The number of carbonyl (C=O) groups is 2. The Morgan fingerprint density at radius 2 is 1.75 bits per heavy atom. The summed E-state index contributed by atoms with van der Waals surface area (Å²) in [5.41, 5.74) is 3.03. The Morgan fingerprint density at radius 1 is 1.06 bits per heavy atom. The molecule has 0 aromatic heterocycles. The van der Waals surface area contributed by atoms with Gasteiger partial charge in [-0.15, -0.1) is 0 Å². The Balaban J connectivity index is 0.00000259. The summed E-state index contributed by atoms with van der Waals surface area (Å²) in [5.74, 6) is 0.0550. The normalized spacial score (nSPS) is 31.2. The first-order chi connectivity index (χ1) is 15.5. The van der Waals surface area contributed by atoms with Crippen LogP contribution in [0.15, 0.2) is 24.3 Å². The van der Waals surface area contributed by atoms with Crippen LogP contribution in [-0.2, 0) is 14.9 Å². The highest BCUT2D eigenvalue weighted by atomic mass is 16.6. The summed E-state index contributed by atoms with van der Waals surface area (Å²) in [4.78, 5) is 28.9. The molecule has 1 aromatic carbocycles. The number of ether oxygens (including phenoxy) is 1. The lowest BCUT2D eigenvalue weighted by molar-refractivity contribution is -0.119. The number of piperidine rings is 2. The standard InChI is InChI=1S/C26H37N3O3.H2/c1-3-32-25(31)29-19-8-9-20(29)17-21(16-19)28-14-12-26(13-15-28)11-10-24(27-18(2)30)22-6-4-5-7-23(22)26;/h4-7,19-21,24H,3,8-17H2,1-2H3,(H,27,30);1H/t19?,20?,21?,24-;/m0./s1. The van der Waals surface area contributed by atoms with Crippen molar-refractivity contribution >= 4 is 12.0 Å². The van der Waals surface area contributed by atoms with Crippen LogP contribution in [0.5, 0.6) is 0 Å². The molecular formula is C26H39N3O3. The van der Waals surface area contributed by atoms with Crippen molar-refractivity contribution in [1.82, 2.24) is 15.1 Å². The Morgan fingerprint density at radius 3 is 2.41 bits per heavy atom. The summed E-state index contributed by atoms with van der Waals surface area (Å²) in [6.07, 6.45) is 8.85. The number of fused-ring (bicyclic) bond motifs is 4. The molecule has 0 saturated carbocycles. The maximum absolute atomic E-state index is 12.4. The maximum Gasteiger partial charge on any atom is 0.410 e. The van der Waals surface area contributed by atoms with Gasteiger partial charge in [0.1, 0.15) is 0 Å². The minimum Gasteiger partial charge on any atom is -0.450 e. The van der Waals surface area contributed by atoms with E-state index in [1.165, 1.54) is 24.0 Å². The minimum atomic E-state index is -0.108. The molecule has 176 valence electrons. The third kappa shape index (κ3) is 3.81. The summed E-state index contributed by atoms with van der Waals surface area (Å²) in [7, 11) is 0. The summed E-state index contributed by atoms with van der Waals surface area (Å²) < 4.78 is 5.33. The topological polar surface area (TPSA) is 61.9 Å². The zero-order valence-corrected chi connectivity index (χ0v) is 19.5. The van der Waals surface area contributed by atoms with E-state index in [9.17, 15) is 9.59 Å². The Bertz CT molecular complexity index is 856. The van der Waals surface area contributed by atoms with Crippen LogP contribution in [0.1, 0.15) is 83.8 Å². The quantitative estimate of drug-likeness (QED) is 0.756. The second kappa shape index (κ2) is 8.69. The van der Waals surface area contributed by atoms with Gasteiger partial charge in [-0.1, -0.05) is 24.3 Å². The second-order valence-corrected chi connectivity index (χ2v) is 10.3. The molecule has 3 saturated heterocycles. The summed E-state index contributed by atoms with van der Waals surface area (Å²) in [5, 5.41) is 3.17. The number of nitrogens with one attached hydrogen (secondary N) is 1. The van der Waals surface area contributed by atoms with Crippen LogP contribution < -0.4 is 5.32 Å². The fourth-order valence-electron chi connectivity index (χ4n) is 7.17. The van der Waals surface area contributed by atoms with Gasteiger partial charge in [-0.25, -0.2) is 4.79 Å². The third-order valence-corrected chi connectivity index (χ3v) is 8.65. The van der Waals surface area contributed by atoms with Crippen LogP contribution in [0.25, 0.3) is 0 Å². The molecule has 3 fully saturated rings. The summed E-state index contributed by atoms with van der Waals surface area (Å²) in [6.45, 7) is 6.21. The van der Waals surface area contributed by atoms with E-state index in [1.54, 1.807) is 6.92 Å². The van der Waals surface area contributed by atoms with E-state index < -0.39 is 0 Å². The van der Waals surface area contributed by atoms with Crippen molar-refractivity contribution in [3.8, 4) is 0 Å². The number of nitrogens with zero attached hydrogens (tertiary/aromatic N) is 2. The minimum absolute atomic E-state index is 0. The van der Waals surface area contributed by atoms with Gasteiger partial charge >= 0.3 is 6.09 Å². The molecule has 2 unspecified atom stereocenters. The molecule has 1 N–H and O–H groups in total. The first-order valence-electron chi connectivity index (χ1n) is 12.6. The fourth-order valence-corrected chi connectivity index (χ4v) is 7.17. The number of likely N-dealkylation sites (tertiary alicyclic amines) is 1. The van der Waals surface area contributed by atoms with Crippen LogP contribution in [0.3, 0.4) is 0 Å². The van der Waals surface area contributed by atoms with Crippen molar-refractivity contribution in [2.75, 3.05) is 19.7 Å².